The highest BCUT2D eigenvalue weighted by atomic mass is 16.2. The largest absolute Gasteiger partial charge is 0.353 e. The predicted octanol–water partition coefficient (Wildman–Crippen LogP) is 2.56. The normalized spacial score (nSPS) is 10.6. The molecule has 0 saturated heterocycles. The third kappa shape index (κ3) is 4.25. The molecule has 2 heterocycles. The van der Waals surface area contributed by atoms with Crippen LogP contribution in [0.1, 0.15) is 36.5 Å². The Hall–Kier alpha value is -4.32. The fraction of sp³-hybridized carbons (Fsp3) is 0.217. The zero-order valence-electron chi connectivity index (χ0n) is 17.7. The molecule has 2 aromatic carbocycles. The molecule has 9 nitrogen and oxygen atoms in total. The second-order valence-electron chi connectivity index (χ2n) is 7.08. The topological polar surface area (TPSA) is 111 Å². The molecule has 0 fully saturated rings. The van der Waals surface area contributed by atoms with Crippen molar-refractivity contribution < 1.29 is 4.79 Å². The first-order chi connectivity index (χ1) is 15.6. The maximum Gasteiger partial charge on any atom is 0.353 e. The third-order valence-corrected chi connectivity index (χ3v) is 5.01. The van der Waals surface area contributed by atoms with Crippen LogP contribution in [0.2, 0.25) is 0 Å². The molecular formula is C23H21N7O2. The number of benzene rings is 2. The van der Waals surface area contributed by atoms with Gasteiger partial charge in [0.15, 0.2) is 5.82 Å². The number of nitrogens with one attached hydrogen (secondary N) is 1. The number of carbonyl (C=O) groups excluding carboxylic acids is 1. The van der Waals surface area contributed by atoms with Crippen molar-refractivity contribution in [2.45, 2.75) is 33.2 Å². The van der Waals surface area contributed by atoms with Crippen LogP contribution < -0.4 is 5.69 Å². The van der Waals surface area contributed by atoms with Crippen LogP contribution in [-0.2, 0) is 13.0 Å². The van der Waals surface area contributed by atoms with Gasteiger partial charge < -0.3 is 0 Å². The molecule has 160 valence electrons. The molecule has 0 amide bonds. The lowest BCUT2D eigenvalue weighted by Gasteiger charge is -2.07. The molecule has 0 radical (unpaired) electrons. The molecule has 0 bridgehead atoms. The van der Waals surface area contributed by atoms with E-state index in [4.69, 9.17) is 0 Å². The summed E-state index contributed by atoms with van der Waals surface area (Å²) in [6.45, 7) is 3.73. The van der Waals surface area contributed by atoms with Crippen LogP contribution in [0.5, 0.6) is 0 Å². The van der Waals surface area contributed by atoms with E-state index in [1.807, 2.05) is 48.5 Å². The van der Waals surface area contributed by atoms with E-state index < -0.39 is 5.69 Å². The monoisotopic (exact) mass is 427 g/mol. The van der Waals surface area contributed by atoms with Gasteiger partial charge in [0.25, 0.3) is 5.91 Å². The Morgan fingerprint density at radius 1 is 1.09 bits per heavy atom. The summed E-state index contributed by atoms with van der Waals surface area (Å²) in [5.41, 5.74) is 3.40. The summed E-state index contributed by atoms with van der Waals surface area (Å²) in [4.78, 5) is 24.8. The number of carbonyl (C=O) groups is 1. The van der Waals surface area contributed by atoms with Gasteiger partial charge in [0.05, 0.1) is 13.0 Å². The van der Waals surface area contributed by atoms with Gasteiger partial charge in [0.2, 0.25) is 0 Å². The van der Waals surface area contributed by atoms with Gasteiger partial charge in [-0.1, -0.05) is 55.3 Å². The van der Waals surface area contributed by atoms with Gasteiger partial charge in [-0.05, 0) is 40.1 Å². The zero-order chi connectivity index (χ0) is 22.5. The SMILES string of the molecule is CC#CCc1nn(C(=O)CC)c(=O)n1Cc1ccc(-c2cccc(-c3nnn[nH]3)c2)cc1. The minimum atomic E-state index is -0.442. The number of aromatic nitrogens is 7. The van der Waals surface area contributed by atoms with Crippen LogP contribution in [0, 0.1) is 11.8 Å². The summed E-state index contributed by atoms with van der Waals surface area (Å²) < 4.78 is 2.44. The Kier molecular flexibility index (Phi) is 6.03. The molecule has 2 aromatic heterocycles. The number of aromatic amines is 1. The summed E-state index contributed by atoms with van der Waals surface area (Å²) in [6.07, 6.45) is 0.505. The van der Waals surface area contributed by atoms with E-state index in [9.17, 15) is 9.59 Å². The average Bonchev–Trinajstić information content (AvgIpc) is 3.47. The number of hydrogen-bond donors (Lipinski definition) is 1. The number of nitrogens with zero attached hydrogens (tertiary/aromatic N) is 6. The van der Waals surface area contributed by atoms with Gasteiger partial charge in [-0.15, -0.1) is 20.8 Å². The molecule has 0 aliphatic heterocycles. The Labute approximate surface area is 184 Å². The summed E-state index contributed by atoms with van der Waals surface area (Å²) in [5.74, 6) is 6.47. The molecule has 9 heteroatoms. The van der Waals surface area contributed by atoms with Crippen LogP contribution >= 0.6 is 0 Å². The van der Waals surface area contributed by atoms with Crippen molar-refractivity contribution in [3.8, 4) is 34.4 Å². The maximum absolute atomic E-state index is 12.8. The summed E-state index contributed by atoms with van der Waals surface area (Å²) >= 11 is 0. The number of H-pyrrole nitrogens is 1. The molecule has 4 rings (SSSR count). The number of rotatable bonds is 6. The van der Waals surface area contributed by atoms with Crippen LogP contribution in [0.25, 0.3) is 22.5 Å². The molecule has 0 spiro atoms. The average molecular weight is 427 g/mol. The van der Waals surface area contributed by atoms with Crippen molar-refractivity contribution in [1.29, 1.82) is 0 Å². The van der Waals surface area contributed by atoms with Crippen LogP contribution in [0.15, 0.2) is 53.3 Å². The predicted molar refractivity (Wildman–Crippen MR) is 119 cm³/mol. The Bertz CT molecular complexity index is 1350. The lowest BCUT2D eigenvalue weighted by atomic mass is 10.0. The fourth-order valence-electron chi connectivity index (χ4n) is 3.32. The van der Waals surface area contributed by atoms with Crippen molar-refractivity contribution in [3.05, 3.63) is 70.4 Å². The van der Waals surface area contributed by atoms with E-state index in [-0.39, 0.29) is 12.3 Å². The third-order valence-electron chi connectivity index (χ3n) is 5.01. The zero-order valence-corrected chi connectivity index (χ0v) is 17.7. The molecule has 0 atom stereocenters. The summed E-state index contributed by atoms with van der Waals surface area (Å²) in [6, 6.07) is 15.8. The molecule has 0 unspecified atom stereocenters. The maximum atomic E-state index is 12.8. The smallest absolute Gasteiger partial charge is 0.273 e. The van der Waals surface area contributed by atoms with Gasteiger partial charge >= 0.3 is 5.69 Å². The second-order valence-corrected chi connectivity index (χ2v) is 7.08. The van der Waals surface area contributed by atoms with E-state index >= 15 is 0 Å². The highest BCUT2D eigenvalue weighted by molar-refractivity contribution is 5.77. The van der Waals surface area contributed by atoms with Crippen molar-refractivity contribution in [2.75, 3.05) is 0 Å². The van der Waals surface area contributed by atoms with E-state index in [1.54, 1.807) is 13.8 Å². The first kappa shape index (κ1) is 20.9. The Morgan fingerprint density at radius 3 is 2.56 bits per heavy atom. The summed E-state index contributed by atoms with van der Waals surface area (Å²) in [7, 11) is 0. The van der Waals surface area contributed by atoms with Gasteiger partial charge in [-0.2, -0.15) is 0 Å². The first-order valence-electron chi connectivity index (χ1n) is 10.2. The van der Waals surface area contributed by atoms with E-state index in [0.29, 0.717) is 24.6 Å². The molecule has 1 N–H and O–H groups in total. The van der Waals surface area contributed by atoms with Crippen LogP contribution in [-0.4, -0.2) is 40.9 Å². The first-order valence-corrected chi connectivity index (χ1v) is 10.2. The quantitative estimate of drug-likeness (QED) is 0.474. The highest BCUT2D eigenvalue weighted by Crippen LogP contribution is 2.24. The van der Waals surface area contributed by atoms with Crippen LogP contribution in [0.4, 0.5) is 0 Å². The molecule has 32 heavy (non-hydrogen) atoms. The molecule has 4 aromatic rings. The van der Waals surface area contributed by atoms with Crippen molar-refractivity contribution in [3.63, 3.8) is 0 Å². The number of hydrogen-bond acceptors (Lipinski definition) is 6. The van der Waals surface area contributed by atoms with Crippen LogP contribution in [0.3, 0.4) is 0 Å². The molecule has 0 aliphatic carbocycles. The molecule has 0 aliphatic rings. The van der Waals surface area contributed by atoms with Gasteiger partial charge in [0, 0.05) is 12.0 Å². The van der Waals surface area contributed by atoms with Gasteiger partial charge in [-0.25, -0.2) is 9.89 Å². The lowest BCUT2D eigenvalue weighted by Crippen LogP contribution is -2.30. The number of tetrazole rings is 1. The van der Waals surface area contributed by atoms with Crippen molar-refractivity contribution in [2.24, 2.45) is 0 Å². The fourth-order valence-corrected chi connectivity index (χ4v) is 3.32. The van der Waals surface area contributed by atoms with E-state index in [0.717, 1.165) is 26.9 Å². The Balaban J connectivity index is 1.61. The highest BCUT2D eigenvalue weighted by Gasteiger charge is 2.17. The summed E-state index contributed by atoms with van der Waals surface area (Å²) in [5, 5.41) is 18.2. The van der Waals surface area contributed by atoms with Crippen molar-refractivity contribution in [1.82, 2.24) is 35.0 Å². The van der Waals surface area contributed by atoms with Crippen molar-refractivity contribution >= 4 is 5.91 Å². The minimum absolute atomic E-state index is 0.202. The standard InChI is InChI=1S/C23H21N7O2/c1-3-5-9-20-26-30(21(31)4-2)23(32)29(20)15-16-10-12-17(13-11-16)18-7-6-8-19(14-18)22-24-27-28-25-22/h6-8,10-14H,4,9,15H2,1-2H3,(H,24,25,27,28). The molecule has 0 saturated carbocycles. The Morgan fingerprint density at radius 2 is 1.88 bits per heavy atom. The second kappa shape index (κ2) is 9.22. The van der Waals surface area contributed by atoms with Gasteiger partial charge in [0.1, 0.15) is 5.82 Å². The van der Waals surface area contributed by atoms with E-state index in [2.05, 4.69) is 37.6 Å². The van der Waals surface area contributed by atoms with E-state index in [1.165, 1.54) is 4.57 Å². The minimum Gasteiger partial charge on any atom is -0.273 e. The lowest BCUT2D eigenvalue weighted by molar-refractivity contribution is 0.0887. The van der Waals surface area contributed by atoms with Gasteiger partial charge in [-0.3, -0.25) is 9.36 Å². The molecular weight excluding hydrogens is 406 g/mol.